The van der Waals surface area contributed by atoms with Crippen LogP contribution in [0, 0.1) is 0 Å². The van der Waals surface area contributed by atoms with Crippen molar-refractivity contribution < 1.29 is 0 Å². The first-order chi connectivity index (χ1) is 8.75. The number of pyridine rings is 1. The SMILES string of the molecule is Nc1cccn2c(CC3CCCCN3)nc(Cl)c12. The molecular weight excluding hydrogens is 248 g/mol. The smallest absolute Gasteiger partial charge is 0.157 e. The first-order valence-electron chi connectivity index (χ1n) is 6.40. The van der Waals surface area contributed by atoms with Gasteiger partial charge in [-0.1, -0.05) is 18.0 Å². The summed E-state index contributed by atoms with van der Waals surface area (Å²) in [6.07, 6.45) is 6.64. The number of piperidine rings is 1. The van der Waals surface area contributed by atoms with Gasteiger partial charge in [0.25, 0.3) is 0 Å². The number of aromatic nitrogens is 2. The summed E-state index contributed by atoms with van der Waals surface area (Å²) in [4.78, 5) is 4.45. The van der Waals surface area contributed by atoms with E-state index in [0.29, 0.717) is 16.9 Å². The number of nitrogens with two attached hydrogens (primary N) is 1. The number of anilines is 1. The maximum Gasteiger partial charge on any atom is 0.157 e. The lowest BCUT2D eigenvalue weighted by Gasteiger charge is -2.22. The zero-order valence-corrected chi connectivity index (χ0v) is 11.0. The van der Waals surface area contributed by atoms with E-state index in [1.807, 2.05) is 22.7 Å². The normalized spacial score (nSPS) is 20.4. The third-order valence-electron chi connectivity index (χ3n) is 3.57. The molecule has 96 valence electrons. The number of nitrogens with one attached hydrogen (secondary N) is 1. The summed E-state index contributed by atoms with van der Waals surface area (Å²) in [6.45, 7) is 1.10. The summed E-state index contributed by atoms with van der Waals surface area (Å²) in [5.74, 6) is 0.988. The molecule has 1 unspecified atom stereocenters. The fraction of sp³-hybridized carbons (Fsp3) is 0.462. The fourth-order valence-corrected chi connectivity index (χ4v) is 2.94. The highest BCUT2D eigenvalue weighted by atomic mass is 35.5. The lowest BCUT2D eigenvalue weighted by atomic mass is 10.0. The summed E-state index contributed by atoms with van der Waals surface area (Å²) in [5.41, 5.74) is 7.45. The van der Waals surface area contributed by atoms with Gasteiger partial charge in [0, 0.05) is 18.7 Å². The van der Waals surface area contributed by atoms with Gasteiger partial charge in [0.05, 0.1) is 5.69 Å². The number of imidazole rings is 1. The highest BCUT2D eigenvalue weighted by Gasteiger charge is 2.18. The van der Waals surface area contributed by atoms with Gasteiger partial charge in [0.1, 0.15) is 11.3 Å². The molecule has 0 radical (unpaired) electrons. The number of hydrogen-bond donors (Lipinski definition) is 2. The fourth-order valence-electron chi connectivity index (χ4n) is 2.64. The number of fused-ring (bicyclic) bond motifs is 1. The first-order valence-corrected chi connectivity index (χ1v) is 6.78. The minimum absolute atomic E-state index is 0.499. The van der Waals surface area contributed by atoms with E-state index >= 15 is 0 Å². The molecule has 0 aromatic carbocycles. The molecule has 2 aromatic rings. The van der Waals surface area contributed by atoms with E-state index in [2.05, 4.69) is 10.3 Å². The molecule has 3 heterocycles. The van der Waals surface area contributed by atoms with Crippen LogP contribution in [0.15, 0.2) is 18.3 Å². The van der Waals surface area contributed by atoms with Crippen LogP contribution in [0.3, 0.4) is 0 Å². The predicted octanol–water partition coefficient (Wildman–Crippen LogP) is 2.25. The van der Waals surface area contributed by atoms with Crippen molar-refractivity contribution >= 4 is 22.8 Å². The van der Waals surface area contributed by atoms with E-state index < -0.39 is 0 Å². The second kappa shape index (κ2) is 4.78. The van der Waals surface area contributed by atoms with E-state index in [4.69, 9.17) is 17.3 Å². The van der Waals surface area contributed by atoms with Crippen LogP contribution in [0.5, 0.6) is 0 Å². The van der Waals surface area contributed by atoms with Crippen LogP contribution in [-0.2, 0) is 6.42 Å². The van der Waals surface area contributed by atoms with Crippen LogP contribution in [-0.4, -0.2) is 22.0 Å². The molecule has 5 heteroatoms. The van der Waals surface area contributed by atoms with Gasteiger partial charge < -0.3 is 15.5 Å². The Morgan fingerprint density at radius 1 is 1.50 bits per heavy atom. The summed E-state index contributed by atoms with van der Waals surface area (Å²) >= 11 is 6.17. The first kappa shape index (κ1) is 11.8. The Bertz CT molecular complexity index is 557. The standard InChI is InChI=1S/C13H17ClN4/c14-13-12-10(15)5-3-7-18(12)11(17-13)8-9-4-1-2-6-16-9/h3,5,7,9,16H,1-2,4,6,8,15H2. The minimum atomic E-state index is 0.499. The number of halogens is 1. The number of hydrogen-bond acceptors (Lipinski definition) is 3. The van der Waals surface area contributed by atoms with Crippen molar-refractivity contribution in [2.24, 2.45) is 0 Å². The zero-order valence-electron chi connectivity index (χ0n) is 10.2. The van der Waals surface area contributed by atoms with Gasteiger partial charge in [-0.05, 0) is 31.5 Å². The Balaban J connectivity index is 1.94. The van der Waals surface area contributed by atoms with Crippen molar-refractivity contribution in [1.29, 1.82) is 0 Å². The zero-order chi connectivity index (χ0) is 12.5. The number of nitrogen functional groups attached to an aromatic ring is 1. The van der Waals surface area contributed by atoms with E-state index in [1.54, 1.807) is 0 Å². The van der Waals surface area contributed by atoms with Crippen LogP contribution in [0.25, 0.3) is 5.52 Å². The second-order valence-corrected chi connectivity index (χ2v) is 5.21. The predicted molar refractivity (Wildman–Crippen MR) is 74.0 cm³/mol. The van der Waals surface area contributed by atoms with Crippen molar-refractivity contribution in [3.63, 3.8) is 0 Å². The Hall–Kier alpha value is -1.26. The Morgan fingerprint density at radius 3 is 3.17 bits per heavy atom. The van der Waals surface area contributed by atoms with Crippen molar-refractivity contribution in [3.05, 3.63) is 29.3 Å². The van der Waals surface area contributed by atoms with Gasteiger partial charge in [0.15, 0.2) is 5.15 Å². The molecule has 1 aliphatic heterocycles. The van der Waals surface area contributed by atoms with Gasteiger partial charge in [-0.15, -0.1) is 0 Å². The van der Waals surface area contributed by atoms with Gasteiger partial charge in [-0.25, -0.2) is 4.98 Å². The van der Waals surface area contributed by atoms with Crippen LogP contribution in [0.4, 0.5) is 5.69 Å². The molecule has 3 rings (SSSR count). The Kier molecular flexibility index (Phi) is 3.14. The number of rotatable bonds is 2. The molecular formula is C13H17ClN4. The third kappa shape index (κ3) is 2.06. The van der Waals surface area contributed by atoms with E-state index in [9.17, 15) is 0 Å². The van der Waals surface area contributed by atoms with Crippen molar-refractivity contribution in [3.8, 4) is 0 Å². The van der Waals surface area contributed by atoms with Gasteiger partial charge in [-0.3, -0.25) is 0 Å². The second-order valence-electron chi connectivity index (χ2n) is 4.85. The van der Waals surface area contributed by atoms with Gasteiger partial charge in [-0.2, -0.15) is 0 Å². The van der Waals surface area contributed by atoms with E-state index in [1.165, 1.54) is 19.3 Å². The van der Waals surface area contributed by atoms with Gasteiger partial charge in [0.2, 0.25) is 0 Å². The summed E-state index contributed by atoms with van der Waals surface area (Å²) in [6, 6.07) is 4.28. The molecule has 1 aliphatic rings. The van der Waals surface area contributed by atoms with E-state index in [0.717, 1.165) is 24.3 Å². The Labute approximate surface area is 111 Å². The maximum absolute atomic E-state index is 6.17. The molecule has 2 aromatic heterocycles. The molecule has 0 aliphatic carbocycles. The van der Waals surface area contributed by atoms with Crippen LogP contribution >= 0.6 is 11.6 Å². The third-order valence-corrected chi connectivity index (χ3v) is 3.83. The molecule has 4 nitrogen and oxygen atoms in total. The highest BCUT2D eigenvalue weighted by molar-refractivity contribution is 6.33. The van der Waals surface area contributed by atoms with Crippen LogP contribution in [0.1, 0.15) is 25.1 Å². The minimum Gasteiger partial charge on any atom is -0.397 e. The molecule has 1 atom stereocenters. The molecule has 0 spiro atoms. The molecule has 1 fully saturated rings. The molecule has 3 N–H and O–H groups in total. The summed E-state index contributed by atoms with van der Waals surface area (Å²) in [7, 11) is 0. The lowest BCUT2D eigenvalue weighted by Crippen LogP contribution is -2.36. The topological polar surface area (TPSA) is 55.4 Å². The highest BCUT2D eigenvalue weighted by Crippen LogP contribution is 2.25. The van der Waals surface area contributed by atoms with E-state index in [-0.39, 0.29) is 0 Å². The Morgan fingerprint density at radius 2 is 2.39 bits per heavy atom. The molecule has 0 saturated carbocycles. The summed E-state index contributed by atoms with van der Waals surface area (Å²) in [5, 5.41) is 4.03. The van der Waals surface area contributed by atoms with Gasteiger partial charge >= 0.3 is 0 Å². The largest absolute Gasteiger partial charge is 0.397 e. The summed E-state index contributed by atoms with van der Waals surface area (Å²) < 4.78 is 2.01. The quantitative estimate of drug-likeness (QED) is 0.875. The maximum atomic E-state index is 6.17. The van der Waals surface area contributed by atoms with Crippen molar-refractivity contribution in [1.82, 2.24) is 14.7 Å². The van der Waals surface area contributed by atoms with Crippen LogP contribution in [0.2, 0.25) is 5.15 Å². The molecule has 0 bridgehead atoms. The average Bonchev–Trinajstić information content (AvgIpc) is 2.69. The van der Waals surface area contributed by atoms with Crippen LogP contribution < -0.4 is 11.1 Å². The van der Waals surface area contributed by atoms with Crippen molar-refractivity contribution in [2.45, 2.75) is 31.7 Å². The molecule has 1 saturated heterocycles. The average molecular weight is 265 g/mol. The molecule has 18 heavy (non-hydrogen) atoms. The molecule has 0 amide bonds. The lowest BCUT2D eigenvalue weighted by molar-refractivity contribution is 0.394. The monoisotopic (exact) mass is 264 g/mol. The number of nitrogens with zero attached hydrogens (tertiary/aromatic N) is 2. The van der Waals surface area contributed by atoms with Crippen molar-refractivity contribution in [2.75, 3.05) is 12.3 Å².